The number of aromatic amines is 1. The van der Waals surface area contributed by atoms with Crippen LogP contribution < -0.4 is 10.2 Å². The number of H-pyrrole nitrogens is 1. The van der Waals surface area contributed by atoms with Crippen molar-refractivity contribution in [2.45, 2.75) is 12.8 Å². The first kappa shape index (κ1) is 22.3. The van der Waals surface area contributed by atoms with Gasteiger partial charge in [-0.25, -0.2) is 15.0 Å². The smallest absolute Gasteiger partial charge is 0.251 e. The number of fused-ring (bicyclic) bond motifs is 1. The summed E-state index contributed by atoms with van der Waals surface area (Å²) in [5.74, 6) is 1.60. The molecule has 1 aliphatic heterocycles. The maximum absolute atomic E-state index is 12.7. The molecule has 1 saturated heterocycles. The summed E-state index contributed by atoms with van der Waals surface area (Å²) in [5.41, 5.74) is 3.66. The molecule has 2 N–H and O–H groups in total. The number of amides is 1. The minimum atomic E-state index is -0.131. The van der Waals surface area contributed by atoms with Crippen LogP contribution in [0.3, 0.4) is 0 Å². The molecule has 8 nitrogen and oxygen atoms in total. The third-order valence-corrected chi connectivity index (χ3v) is 6.02. The van der Waals surface area contributed by atoms with Crippen LogP contribution in [0.15, 0.2) is 54.9 Å². The van der Waals surface area contributed by atoms with Gasteiger partial charge in [-0.05, 0) is 36.8 Å². The standard InChI is InChI=1S/C25H25ClN6O2/c26-19-6-3-17(4-7-19)23-24(32-12-14-34-15-13-32)31-20-8-5-18(16-21(20)30-23)25(33)29-9-1-2-22-27-10-11-28-22/h3-8,10-11,16H,1-2,9,12-15H2,(H,27,28)(H,29,33). The van der Waals surface area contributed by atoms with Crippen LogP contribution in [0.2, 0.25) is 5.02 Å². The number of hydrogen-bond donors (Lipinski definition) is 2. The number of aryl methyl sites for hydroxylation is 1. The summed E-state index contributed by atoms with van der Waals surface area (Å²) in [6.07, 6.45) is 5.11. The molecule has 34 heavy (non-hydrogen) atoms. The lowest BCUT2D eigenvalue weighted by molar-refractivity contribution is 0.0953. The molecule has 5 rings (SSSR count). The molecule has 0 atom stereocenters. The zero-order chi connectivity index (χ0) is 23.3. The second kappa shape index (κ2) is 10.2. The summed E-state index contributed by atoms with van der Waals surface area (Å²) in [4.78, 5) is 32.1. The molecule has 0 spiro atoms. The van der Waals surface area contributed by atoms with Crippen LogP contribution in [0, 0.1) is 0 Å². The van der Waals surface area contributed by atoms with Crippen molar-refractivity contribution in [3.8, 4) is 11.3 Å². The van der Waals surface area contributed by atoms with Crippen molar-refractivity contribution in [2.75, 3.05) is 37.7 Å². The van der Waals surface area contributed by atoms with Crippen molar-refractivity contribution in [1.29, 1.82) is 0 Å². The Kier molecular flexibility index (Phi) is 6.69. The van der Waals surface area contributed by atoms with Crippen molar-refractivity contribution < 1.29 is 9.53 Å². The quantitative estimate of drug-likeness (QED) is 0.393. The lowest BCUT2D eigenvalue weighted by Crippen LogP contribution is -2.37. The van der Waals surface area contributed by atoms with Crippen LogP contribution in [-0.4, -0.2) is 58.7 Å². The van der Waals surface area contributed by atoms with E-state index in [4.69, 9.17) is 26.3 Å². The molecule has 0 radical (unpaired) electrons. The molecule has 0 saturated carbocycles. The number of benzene rings is 2. The molecule has 1 fully saturated rings. The van der Waals surface area contributed by atoms with Gasteiger partial charge < -0.3 is 19.9 Å². The Morgan fingerprint density at radius 2 is 1.91 bits per heavy atom. The summed E-state index contributed by atoms with van der Waals surface area (Å²) < 4.78 is 5.52. The van der Waals surface area contributed by atoms with Gasteiger partial charge in [0.25, 0.3) is 5.91 Å². The second-order valence-corrected chi connectivity index (χ2v) is 8.54. The Morgan fingerprint density at radius 3 is 2.68 bits per heavy atom. The number of imidazole rings is 1. The van der Waals surface area contributed by atoms with Crippen LogP contribution in [0.5, 0.6) is 0 Å². The number of aromatic nitrogens is 4. The van der Waals surface area contributed by atoms with Crippen LogP contribution in [-0.2, 0) is 11.2 Å². The number of hydrogen-bond acceptors (Lipinski definition) is 6. The van der Waals surface area contributed by atoms with E-state index in [1.807, 2.05) is 30.3 Å². The lowest BCUT2D eigenvalue weighted by atomic mass is 10.1. The topological polar surface area (TPSA) is 96.0 Å². The summed E-state index contributed by atoms with van der Waals surface area (Å²) in [7, 11) is 0. The van der Waals surface area contributed by atoms with Gasteiger partial charge in [0.05, 0.1) is 24.2 Å². The number of halogens is 1. The molecule has 0 bridgehead atoms. The van der Waals surface area contributed by atoms with Crippen molar-refractivity contribution >= 4 is 34.4 Å². The van der Waals surface area contributed by atoms with Crippen molar-refractivity contribution in [3.05, 3.63) is 71.3 Å². The van der Waals surface area contributed by atoms with E-state index in [1.54, 1.807) is 24.5 Å². The molecule has 0 aliphatic carbocycles. The SMILES string of the molecule is O=C(NCCCc1ncc[nH]1)c1ccc2nc(N3CCOCC3)c(-c3ccc(Cl)cc3)nc2c1. The molecular weight excluding hydrogens is 452 g/mol. The van der Waals surface area contributed by atoms with Gasteiger partial charge in [0.2, 0.25) is 0 Å². The monoisotopic (exact) mass is 476 g/mol. The Labute approximate surface area is 202 Å². The van der Waals surface area contributed by atoms with Gasteiger partial charge in [-0.15, -0.1) is 0 Å². The third-order valence-electron chi connectivity index (χ3n) is 5.77. The van der Waals surface area contributed by atoms with E-state index in [0.29, 0.717) is 35.9 Å². The van der Waals surface area contributed by atoms with Gasteiger partial charge in [-0.1, -0.05) is 23.7 Å². The highest BCUT2D eigenvalue weighted by molar-refractivity contribution is 6.30. The fraction of sp³-hybridized carbons (Fsp3) is 0.280. The first-order valence-electron chi connectivity index (χ1n) is 11.3. The third kappa shape index (κ3) is 5.03. The molecule has 4 aromatic rings. The minimum absolute atomic E-state index is 0.131. The summed E-state index contributed by atoms with van der Waals surface area (Å²) >= 11 is 6.11. The fourth-order valence-corrected chi connectivity index (χ4v) is 4.10. The van der Waals surface area contributed by atoms with Crippen LogP contribution >= 0.6 is 11.6 Å². The molecule has 2 aromatic carbocycles. The minimum Gasteiger partial charge on any atom is -0.378 e. The Balaban J connectivity index is 1.40. The van der Waals surface area contributed by atoms with E-state index in [1.165, 1.54) is 0 Å². The average Bonchev–Trinajstić information content (AvgIpc) is 3.40. The Hall–Kier alpha value is -3.49. The van der Waals surface area contributed by atoms with Gasteiger partial charge in [0, 0.05) is 54.6 Å². The van der Waals surface area contributed by atoms with Crippen LogP contribution in [0.4, 0.5) is 5.82 Å². The predicted octanol–water partition coefficient (Wildman–Crippen LogP) is 3.87. The van der Waals surface area contributed by atoms with Gasteiger partial charge in [0.1, 0.15) is 11.5 Å². The van der Waals surface area contributed by atoms with Crippen LogP contribution in [0.1, 0.15) is 22.6 Å². The molecular formula is C25H25ClN6O2. The van der Waals surface area contributed by atoms with Crippen molar-refractivity contribution in [3.63, 3.8) is 0 Å². The van der Waals surface area contributed by atoms with E-state index in [-0.39, 0.29) is 5.91 Å². The molecule has 174 valence electrons. The zero-order valence-electron chi connectivity index (χ0n) is 18.6. The normalized spacial score (nSPS) is 13.9. The van der Waals surface area contributed by atoms with Gasteiger partial charge >= 0.3 is 0 Å². The molecule has 1 aliphatic rings. The lowest BCUT2D eigenvalue weighted by Gasteiger charge is -2.29. The molecule has 2 aromatic heterocycles. The molecule has 1 amide bonds. The summed E-state index contributed by atoms with van der Waals surface area (Å²) in [6.45, 7) is 3.37. The van der Waals surface area contributed by atoms with Crippen LogP contribution in [0.25, 0.3) is 22.3 Å². The Bertz CT molecular complexity index is 1270. The highest BCUT2D eigenvalue weighted by Gasteiger charge is 2.20. The summed E-state index contributed by atoms with van der Waals surface area (Å²) in [5, 5.41) is 3.64. The molecule has 9 heteroatoms. The maximum atomic E-state index is 12.7. The van der Waals surface area contributed by atoms with Crippen molar-refractivity contribution in [2.24, 2.45) is 0 Å². The average molecular weight is 477 g/mol. The maximum Gasteiger partial charge on any atom is 0.251 e. The zero-order valence-corrected chi connectivity index (χ0v) is 19.4. The number of anilines is 1. The summed E-state index contributed by atoms with van der Waals surface area (Å²) in [6, 6.07) is 13.0. The number of carbonyl (C=O) groups excluding carboxylic acids is 1. The van der Waals surface area contributed by atoms with E-state index in [9.17, 15) is 4.79 Å². The van der Waals surface area contributed by atoms with Gasteiger partial charge in [-0.3, -0.25) is 4.79 Å². The number of morpholine rings is 1. The van der Waals surface area contributed by atoms with E-state index < -0.39 is 0 Å². The molecule has 0 unspecified atom stereocenters. The molecule has 3 heterocycles. The highest BCUT2D eigenvalue weighted by atomic mass is 35.5. The van der Waals surface area contributed by atoms with Gasteiger partial charge in [0.15, 0.2) is 5.82 Å². The largest absolute Gasteiger partial charge is 0.378 e. The first-order valence-corrected chi connectivity index (χ1v) is 11.7. The number of carbonyl (C=O) groups is 1. The van der Waals surface area contributed by atoms with Crippen molar-refractivity contribution in [1.82, 2.24) is 25.3 Å². The van der Waals surface area contributed by atoms with E-state index in [0.717, 1.165) is 54.3 Å². The van der Waals surface area contributed by atoms with E-state index in [2.05, 4.69) is 20.2 Å². The number of rotatable bonds is 7. The highest BCUT2D eigenvalue weighted by Crippen LogP contribution is 2.31. The first-order chi connectivity index (χ1) is 16.7. The number of ether oxygens (including phenoxy) is 1. The fourth-order valence-electron chi connectivity index (χ4n) is 3.98. The van der Waals surface area contributed by atoms with Gasteiger partial charge in [-0.2, -0.15) is 0 Å². The number of nitrogens with one attached hydrogen (secondary N) is 2. The van der Waals surface area contributed by atoms with E-state index >= 15 is 0 Å². The second-order valence-electron chi connectivity index (χ2n) is 8.10. The predicted molar refractivity (Wildman–Crippen MR) is 132 cm³/mol. The number of nitrogens with zero attached hydrogens (tertiary/aromatic N) is 4. The Morgan fingerprint density at radius 1 is 1.09 bits per heavy atom.